The van der Waals surface area contributed by atoms with Gasteiger partial charge in [0.05, 0.1) is 10.6 Å². The van der Waals surface area contributed by atoms with Gasteiger partial charge in [-0.15, -0.1) is 0 Å². The fraction of sp³-hybridized carbons (Fsp3) is 0.571. The van der Waals surface area contributed by atoms with Crippen molar-refractivity contribution in [3.8, 4) is 0 Å². The summed E-state index contributed by atoms with van der Waals surface area (Å²) in [6.45, 7) is 5.16. The molecule has 0 aliphatic rings. The molecule has 0 heterocycles. The van der Waals surface area contributed by atoms with Gasteiger partial charge >= 0.3 is 0 Å². The van der Waals surface area contributed by atoms with E-state index in [1.807, 2.05) is 6.07 Å². The van der Waals surface area contributed by atoms with Crippen LogP contribution in [0, 0.1) is 0 Å². The van der Waals surface area contributed by atoms with Crippen LogP contribution in [0.4, 0.5) is 0 Å². The lowest BCUT2D eigenvalue weighted by molar-refractivity contribution is 0.507. The van der Waals surface area contributed by atoms with E-state index in [2.05, 4.69) is 35.1 Å². The number of nitrogens with one attached hydrogen (secondary N) is 1. The molecule has 0 aromatic heterocycles. The Balaban J connectivity index is 2.47. The van der Waals surface area contributed by atoms with E-state index >= 15 is 0 Å². The third-order valence-corrected chi connectivity index (χ3v) is 5.83. The Morgan fingerprint density at radius 3 is 2.58 bits per heavy atom. The molecule has 0 aliphatic carbocycles. The van der Waals surface area contributed by atoms with Gasteiger partial charge in [0.25, 0.3) is 0 Å². The van der Waals surface area contributed by atoms with Crippen LogP contribution in [-0.2, 0) is 9.84 Å². The summed E-state index contributed by atoms with van der Waals surface area (Å²) in [5, 5.41) is 3.33. The lowest BCUT2D eigenvalue weighted by atomic mass is 10.1. The molecule has 0 fully saturated rings. The maximum Gasteiger partial charge on any atom is 0.179 e. The molecule has 5 heteroatoms. The van der Waals surface area contributed by atoms with Crippen LogP contribution in [0.3, 0.4) is 0 Å². The molecule has 1 N–H and O–H groups in total. The summed E-state index contributed by atoms with van der Waals surface area (Å²) < 4.78 is 25.0. The van der Waals surface area contributed by atoms with Crippen LogP contribution in [0.25, 0.3) is 0 Å². The lowest BCUT2D eigenvalue weighted by Gasteiger charge is -2.12. The van der Waals surface area contributed by atoms with E-state index < -0.39 is 9.84 Å². The maximum absolute atomic E-state index is 12.2. The van der Waals surface area contributed by atoms with Crippen molar-refractivity contribution in [2.75, 3.05) is 12.3 Å². The smallest absolute Gasteiger partial charge is 0.179 e. The molecular weight excluding hydrogens is 326 g/mol. The Morgan fingerprint density at radius 1 is 1.26 bits per heavy atom. The second-order valence-corrected chi connectivity index (χ2v) is 7.64. The average molecular weight is 348 g/mol. The molecule has 1 atom stereocenters. The first kappa shape index (κ1) is 16.7. The standard InChI is InChI=1S/C14H22BrNO2S/c1-3-16-12(2)8-6-7-11-19(17,18)14-10-5-4-9-13(14)15/h4-5,9-10,12,16H,3,6-8,11H2,1-2H3. The topological polar surface area (TPSA) is 46.2 Å². The van der Waals surface area contributed by atoms with Gasteiger partial charge in [-0.3, -0.25) is 0 Å². The summed E-state index contributed by atoms with van der Waals surface area (Å²) in [4.78, 5) is 0.398. The second-order valence-electron chi connectivity index (χ2n) is 4.70. The van der Waals surface area contributed by atoms with E-state index in [-0.39, 0.29) is 5.75 Å². The van der Waals surface area contributed by atoms with Gasteiger partial charge in [-0.2, -0.15) is 0 Å². The van der Waals surface area contributed by atoms with E-state index in [0.29, 0.717) is 21.8 Å². The average Bonchev–Trinajstić information content (AvgIpc) is 2.35. The van der Waals surface area contributed by atoms with Crippen molar-refractivity contribution in [1.29, 1.82) is 0 Å². The van der Waals surface area contributed by atoms with Crippen LogP contribution in [0.5, 0.6) is 0 Å². The lowest BCUT2D eigenvalue weighted by Crippen LogP contribution is -2.25. The number of sulfone groups is 1. The summed E-state index contributed by atoms with van der Waals surface area (Å²) in [7, 11) is -3.17. The minimum absolute atomic E-state index is 0.217. The van der Waals surface area contributed by atoms with Gasteiger partial charge in [-0.05, 0) is 54.4 Å². The highest BCUT2D eigenvalue weighted by Crippen LogP contribution is 2.23. The van der Waals surface area contributed by atoms with E-state index in [1.165, 1.54) is 0 Å². The molecule has 1 rings (SSSR count). The molecule has 1 aromatic rings. The third kappa shape index (κ3) is 5.63. The monoisotopic (exact) mass is 347 g/mol. The zero-order valence-corrected chi connectivity index (χ0v) is 13.9. The molecule has 3 nitrogen and oxygen atoms in total. The highest BCUT2D eigenvalue weighted by atomic mass is 79.9. The first-order valence-electron chi connectivity index (χ1n) is 6.68. The van der Waals surface area contributed by atoms with Gasteiger partial charge in [0.1, 0.15) is 0 Å². The quantitative estimate of drug-likeness (QED) is 0.733. The number of unbranched alkanes of at least 4 members (excludes halogenated alkanes) is 1. The van der Waals surface area contributed by atoms with Crippen molar-refractivity contribution >= 4 is 25.8 Å². The molecule has 0 aliphatic heterocycles. The molecule has 1 unspecified atom stereocenters. The largest absolute Gasteiger partial charge is 0.315 e. The predicted octanol–water partition coefficient (Wildman–Crippen LogP) is 3.39. The maximum atomic E-state index is 12.2. The molecule has 0 bridgehead atoms. The van der Waals surface area contributed by atoms with Crippen LogP contribution in [0.2, 0.25) is 0 Å². The van der Waals surface area contributed by atoms with Crippen LogP contribution in [-0.4, -0.2) is 26.8 Å². The number of hydrogen-bond donors (Lipinski definition) is 1. The van der Waals surface area contributed by atoms with Crippen molar-refractivity contribution in [1.82, 2.24) is 5.32 Å². The second kappa shape index (κ2) is 8.02. The fourth-order valence-electron chi connectivity index (χ4n) is 2.00. The molecule has 0 radical (unpaired) electrons. The van der Waals surface area contributed by atoms with Gasteiger partial charge in [0, 0.05) is 10.5 Å². The van der Waals surface area contributed by atoms with Gasteiger partial charge in [-0.1, -0.05) is 25.5 Å². The molecule has 0 saturated carbocycles. The van der Waals surface area contributed by atoms with E-state index in [9.17, 15) is 8.42 Å². The van der Waals surface area contributed by atoms with Crippen LogP contribution >= 0.6 is 15.9 Å². The Morgan fingerprint density at radius 2 is 1.95 bits per heavy atom. The van der Waals surface area contributed by atoms with E-state index in [0.717, 1.165) is 19.4 Å². The van der Waals surface area contributed by atoms with Crippen LogP contribution in [0.1, 0.15) is 33.1 Å². The third-order valence-electron chi connectivity index (χ3n) is 3.02. The first-order chi connectivity index (χ1) is 8.97. The van der Waals surface area contributed by atoms with Gasteiger partial charge in [0.15, 0.2) is 9.84 Å². The van der Waals surface area contributed by atoms with Crippen LogP contribution in [0.15, 0.2) is 33.6 Å². The zero-order valence-electron chi connectivity index (χ0n) is 11.5. The Kier molecular flexibility index (Phi) is 7.04. The summed E-state index contributed by atoms with van der Waals surface area (Å²) in [6, 6.07) is 7.45. The Hall–Kier alpha value is -0.390. The fourth-order valence-corrected chi connectivity index (χ4v) is 4.48. The zero-order chi connectivity index (χ0) is 14.3. The minimum atomic E-state index is -3.17. The minimum Gasteiger partial charge on any atom is -0.315 e. The highest BCUT2D eigenvalue weighted by Gasteiger charge is 2.16. The Labute approximate surface area is 124 Å². The molecule has 19 heavy (non-hydrogen) atoms. The SMILES string of the molecule is CCNC(C)CCCCS(=O)(=O)c1ccccc1Br. The summed E-state index contributed by atoms with van der Waals surface area (Å²) in [6.07, 6.45) is 2.65. The van der Waals surface area contributed by atoms with Crippen molar-refractivity contribution in [3.05, 3.63) is 28.7 Å². The summed E-state index contributed by atoms with van der Waals surface area (Å²) >= 11 is 3.30. The normalized spacial score (nSPS) is 13.4. The van der Waals surface area contributed by atoms with E-state index in [1.54, 1.807) is 18.2 Å². The number of rotatable bonds is 8. The molecule has 108 valence electrons. The van der Waals surface area contributed by atoms with Gasteiger partial charge < -0.3 is 5.32 Å². The van der Waals surface area contributed by atoms with Gasteiger partial charge in [-0.25, -0.2) is 8.42 Å². The molecule has 0 amide bonds. The number of hydrogen-bond acceptors (Lipinski definition) is 3. The van der Waals surface area contributed by atoms with Crippen LogP contribution < -0.4 is 5.32 Å². The summed E-state index contributed by atoms with van der Waals surface area (Å²) in [5.41, 5.74) is 0. The number of benzene rings is 1. The molecular formula is C14H22BrNO2S. The van der Waals surface area contributed by atoms with Crippen molar-refractivity contribution in [3.63, 3.8) is 0 Å². The highest BCUT2D eigenvalue weighted by molar-refractivity contribution is 9.10. The van der Waals surface area contributed by atoms with Crippen molar-refractivity contribution in [2.45, 2.75) is 44.0 Å². The number of halogens is 1. The van der Waals surface area contributed by atoms with Gasteiger partial charge in [0.2, 0.25) is 0 Å². The van der Waals surface area contributed by atoms with Crippen molar-refractivity contribution in [2.24, 2.45) is 0 Å². The summed E-state index contributed by atoms with van der Waals surface area (Å²) in [5.74, 6) is 0.217. The van der Waals surface area contributed by atoms with Crippen molar-refractivity contribution < 1.29 is 8.42 Å². The first-order valence-corrected chi connectivity index (χ1v) is 9.12. The Bertz CT molecular complexity index is 488. The molecule has 0 saturated heterocycles. The molecule has 0 spiro atoms. The van der Waals surface area contributed by atoms with E-state index in [4.69, 9.17) is 0 Å². The molecule has 1 aromatic carbocycles. The predicted molar refractivity (Wildman–Crippen MR) is 83.2 cm³/mol.